The van der Waals surface area contributed by atoms with Crippen LogP contribution in [0.4, 0.5) is 0 Å². The average Bonchev–Trinajstić information content (AvgIpc) is 2.84. The predicted molar refractivity (Wildman–Crippen MR) is 81.0 cm³/mol. The molecule has 0 saturated carbocycles. The van der Waals surface area contributed by atoms with E-state index in [1.165, 1.54) is 12.1 Å². The molecule has 21 heavy (non-hydrogen) atoms. The zero-order valence-corrected chi connectivity index (χ0v) is 13.1. The van der Waals surface area contributed by atoms with E-state index in [2.05, 4.69) is 17.3 Å². The Morgan fingerprint density at radius 3 is 2.19 bits per heavy atom. The Bertz CT molecular complexity index is 707. The van der Waals surface area contributed by atoms with Crippen molar-refractivity contribution < 1.29 is 8.42 Å². The molecule has 0 aliphatic rings. The normalized spacial score (nSPS) is 14.9. The maximum atomic E-state index is 11.2. The minimum absolute atomic E-state index is 0.0785. The van der Waals surface area contributed by atoms with Crippen molar-refractivity contribution in [2.75, 3.05) is 0 Å². The first-order valence-corrected chi connectivity index (χ1v) is 8.19. The van der Waals surface area contributed by atoms with Crippen molar-refractivity contribution in [3.8, 4) is 0 Å². The molecule has 2 atom stereocenters. The van der Waals surface area contributed by atoms with E-state index in [1.807, 2.05) is 26.4 Å². The Kier molecular flexibility index (Phi) is 4.46. The molecule has 0 saturated heterocycles. The van der Waals surface area contributed by atoms with Gasteiger partial charge in [0.25, 0.3) is 0 Å². The standard InChI is InChI=1S/C14H20N4O2S/c1-10(17-11(2)13-8-16-18(3)9-13)12-4-6-14(7-5-12)21(15,19)20/h4-11,17H,1-3H3,(H2,15,19,20). The average molecular weight is 308 g/mol. The maximum absolute atomic E-state index is 11.2. The summed E-state index contributed by atoms with van der Waals surface area (Å²) in [7, 11) is -1.76. The SMILES string of the molecule is CC(NC(C)c1cnn(C)c1)c1ccc(S(N)(=O)=O)cc1. The molecule has 2 unspecified atom stereocenters. The molecule has 1 aromatic heterocycles. The van der Waals surface area contributed by atoms with Crippen molar-refractivity contribution in [1.82, 2.24) is 15.1 Å². The summed E-state index contributed by atoms with van der Waals surface area (Å²) in [5.74, 6) is 0. The highest BCUT2D eigenvalue weighted by Gasteiger charge is 2.13. The minimum atomic E-state index is -3.64. The van der Waals surface area contributed by atoms with Gasteiger partial charge in [-0.2, -0.15) is 5.10 Å². The zero-order chi connectivity index (χ0) is 15.6. The molecule has 0 bridgehead atoms. The molecular formula is C14H20N4O2S. The number of nitrogens with two attached hydrogens (primary N) is 1. The Balaban J connectivity index is 2.08. The van der Waals surface area contributed by atoms with Crippen molar-refractivity contribution in [1.29, 1.82) is 0 Å². The molecule has 2 aromatic rings. The fourth-order valence-electron chi connectivity index (χ4n) is 2.18. The molecule has 6 nitrogen and oxygen atoms in total. The Morgan fingerprint density at radius 2 is 1.71 bits per heavy atom. The summed E-state index contributed by atoms with van der Waals surface area (Å²) >= 11 is 0. The molecule has 0 amide bonds. The van der Waals surface area contributed by atoms with Gasteiger partial charge in [-0.3, -0.25) is 4.68 Å². The lowest BCUT2D eigenvalue weighted by Crippen LogP contribution is -2.22. The number of hydrogen-bond donors (Lipinski definition) is 2. The fraction of sp³-hybridized carbons (Fsp3) is 0.357. The van der Waals surface area contributed by atoms with E-state index >= 15 is 0 Å². The molecule has 0 fully saturated rings. The molecule has 1 aromatic carbocycles. The summed E-state index contributed by atoms with van der Waals surface area (Å²) in [6.45, 7) is 4.09. The van der Waals surface area contributed by atoms with Crippen molar-refractivity contribution in [2.24, 2.45) is 12.2 Å². The molecule has 1 heterocycles. The molecule has 2 rings (SSSR count). The summed E-state index contributed by atoms with van der Waals surface area (Å²) in [6.07, 6.45) is 3.79. The van der Waals surface area contributed by atoms with Crippen LogP contribution in [0.2, 0.25) is 0 Å². The molecule has 7 heteroatoms. The number of benzene rings is 1. The monoisotopic (exact) mass is 308 g/mol. The molecular weight excluding hydrogens is 288 g/mol. The number of nitrogens with zero attached hydrogens (tertiary/aromatic N) is 2. The highest BCUT2D eigenvalue weighted by Crippen LogP contribution is 2.20. The number of rotatable bonds is 5. The molecule has 0 radical (unpaired) electrons. The first kappa shape index (κ1) is 15.7. The van der Waals surface area contributed by atoms with Crippen LogP contribution in [-0.4, -0.2) is 18.2 Å². The van der Waals surface area contributed by atoms with Gasteiger partial charge in [-0.25, -0.2) is 13.6 Å². The summed E-state index contributed by atoms with van der Waals surface area (Å²) in [6, 6.07) is 6.82. The quantitative estimate of drug-likeness (QED) is 0.875. The van der Waals surface area contributed by atoms with Gasteiger partial charge in [-0.05, 0) is 31.5 Å². The van der Waals surface area contributed by atoms with E-state index in [0.717, 1.165) is 11.1 Å². The van der Waals surface area contributed by atoms with Gasteiger partial charge in [-0.15, -0.1) is 0 Å². The molecule has 3 N–H and O–H groups in total. The second-order valence-corrected chi connectivity index (χ2v) is 6.73. The van der Waals surface area contributed by atoms with E-state index in [9.17, 15) is 8.42 Å². The maximum Gasteiger partial charge on any atom is 0.238 e. The van der Waals surface area contributed by atoms with Gasteiger partial charge in [0.1, 0.15) is 0 Å². The van der Waals surface area contributed by atoms with E-state index in [0.29, 0.717) is 0 Å². The lowest BCUT2D eigenvalue weighted by atomic mass is 10.1. The van der Waals surface area contributed by atoms with Crippen LogP contribution in [0.25, 0.3) is 0 Å². The topological polar surface area (TPSA) is 90.0 Å². The second-order valence-electron chi connectivity index (χ2n) is 5.17. The van der Waals surface area contributed by atoms with Crippen molar-refractivity contribution in [3.63, 3.8) is 0 Å². The molecule has 0 aliphatic carbocycles. The number of hydrogen-bond acceptors (Lipinski definition) is 4. The van der Waals surface area contributed by atoms with Crippen LogP contribution in [0.5, 0.6) is 0 Å². The van der Waals surface area contributed by atoms with Crippen molar-refractivity contribution >= 4 is 10.0 Å². The van der Waals surface area contributed by atoms with Crippen molar-refractivity contribution in [2.45, 2.75) is 30.8 Å². The third kappa shape index (κ3) is 3.90. The van der Waals surface area contributed by atoms with Gasteiger partial charge in [0.2, 0.25) is 10.0 Å². The zero-order valence-electron chi connectivity index (χ0n) is 12.3. The van der Waals surface area contributed by atoms with E-state index < -0.39 is 10.0 Å². The Hall–Kier alpha value is -1.70. The smallest absolute Gasteiger partial charge is 0.238 e. The highest BCUT2D eigenvalue weighted by molar-refractivity contribution is 7.89. The van der Waals surface area contributed by atoms with Crippen molar-refractivity contribution in [3.05, 3.63) is 47.8 Å². The highest BCUT2D eigenvalue weighted by atomic mass is 32.2. The van der Waals surface area contributed by atoms with Gasteiger partial charge >= 0.3 is 0 Å². The summed E-state index contributed by atoms with van der Waals surface area (Å²) in [5, 5.41) is 12.7. The number of sulfonamides is 1. The number of aromatic nitrogens is 2. The van der Waals surface area contributed by atoms with Crippen LogP contribution in [0.15, 0.2) is 41.6 Å². The predicted octanol–water partition coefficient (Wildman–Crippen LogP) is 1.48. The lowest BCUT2D eigenvalue weighted by Gasteiger charge is -2.19. The summed E-state index contributed by atoms with van der Waals surface area (Å²) in [5.41, 5.74) is 2.10. The first-order valence-electron chi connectivity index (χ1n) is 6.64. The number of aryl methyl sites for hydroxylation is 1. The van der Waals surface area contributed by atoms with Gasteiger partial charge in [0, 0.05) is 30.9 Å². The lowest BCUT2D eigenvalue weighted by molar-refractivity contribution is 0.494. The Labute approximate surface area is 125 Å². The first-order chi connectivity index (χ1) is 9.77. The van der Waals surface area contributed by atoms with Crippen LogP contribution in [0, 0.1) is 0 Å². The third-order valence-electron chi connectivity index (χ3n) is 3.43. The van der Waals surface area contributed by atoms with Gasteiger partial charge in [0.05, 0.1) is 11.1 Å². The fourth-order valence-corrected chi connectivity index (χ4v) is 2.69. The van der Waals surface area contributed by atoms with Gasteiger partial charge < -0.3 is 5.32 Å². The summed E-state index contributed by atoms with van der Waals surface area (Å²) in [4.78, 5) is 0.124. The number of nitrogens with one attached hydrogen (secondary N) is 1. The van der Waals surface area contributed by atoms with Gasteiger partial charge in [-0.1, -0.05) is 12.1 Å². The van der Waals surface area contributed by atoms with Crippen LogP contribution >= 0.6 is 0 Å². The largest absolute Gasteiger partial charge is 0.304 e. The van der Waals surface area contributed by atoms with E-state index in [4.69, 9.17) is 5.14 Å². The molecule has 0 spiro atoms. The number of primary sulfonamides is 1. The van der Waals surface area contributed by atoms with E-state index in [-0.39, 0.29) is 17.0 Å². The molecule has 114 valence electrons. The van der Waals surface area contributed by atoms with Crippen LogP contribution in [-0.2, 0) is 17.1 Å². The Morgan fingerprint density at radius 1 is 1.14 bits per heavy atom. The summed E-state index contributed by atoms with van der Waals surface area (Å²) < 4.78 is 24.2. The molecule has 0 aliphatic heterocycles. The van der Waals surface area contributed by atoms with Crippen LogP contribution in [0.3, 0.4) is 0 Å². The minimum Gasteiger partial charge on any atom is -0.304 e. The van der Waals surface area contributed by atoms with Crippen LogP contribution < -0.4 is 10.5 Å². The van der Waals surface area contributed by atoms with Crippen LogP contribution in [0.1, 0.15) is 37.1 Å². The van der Waals surface area contributed by atoms with Gasteiger partial charge in [0.15, 0.2) is 0 Å². The van der Waals surface area contributed by atoms with E-state index in [1.54, 1.807) is 16.8 Å². The third-order valence-corrected chi connectivity index (χ3v) is 4.36. The second kappa shape index (κ2) is 5.97.